The molecule has 2 aromatic heterocycles. The second kappa shape index (κ2) is 10.1. The van der Waals surface area contributed by atoms with Gasteiger partial charge in [-0.15, -0.1) is 11.3 Å². The molecule has 3 heterocycles. The molecule has 1 N–H and O–H groups in total. The van der Waals surface area contributed by atoms with Crippen LogP contribution < -0.4 is 9.80 Å². The standard InChI is InChI=1S/C26H24FN5O2S/c27-20-4-1-3-19(15-20)25(33)32(17-21-16-28-18-29-21)23-8-6-22(7-9-23)30-10-12-31(13-11-30)26(34)24-5-2-14-35-24/h1-9,14-16,18H,10-13,17H2,(H,28,29). The number of piperazine rings is 1. The molecule has 0 bridgehead atoms. The molecule has 9 heteroatoms. The van der Waals surface area contributed by atoms with Crippen LogP contribution in [0.25, 0.3) is 0 Å². The largest absolute Gasteiger partial charge is 0.368 e. The molecule has 0 saturated carbocycles. The second-order valence-corrected chi connectivity index (χ2v) is 9.20. The minimum atomic E-state index is -0.454. The highest BCUT2D eigenvalue weighted by Crippen LogP contribution is 2.25. The summed E-state index contributed by atoms with van der Waals surface area (Å²) in [5, 5.41) is 1.92. The predicted molar refractivity (Wildman–Crippen MR) is 134 cm³/mol. The van der Waals surface area contributed by atoms with Crippen molar-refractivity contribution in [2.45, 2.75) is 6.54 Å². The lowest BCUT2D eigenvalue weighted by Crippen LogP contribution is -2.48. The molecule has 0 radical (unpaired) electrons. The van der Waals surface area contributed by atoms with Crippen LogP contribution in [-0.2, 0) is 6.54 Å². The van der Waals surface area contributed by atoms with E-state index in [1.165, 1.54) is 29.5 Å². The van der Waals surface area contributed by atoms with Gasteiger partial charge in [0.2, 0.25) is 0 Å². The summed E-state index contributed by atoms with van der Waals surface area (Å²) in [6.07, 6.45) is 3.23. The molecular weight excluding hydrogens is 465 g/mol. The average Bonchev–Trinajstić information content (AvgIpc) is 3.62. The number of carbonyl (C=O) groups is 2. The van der Waals surface area contributed by atoms with E-state index in [0.29, 0.717) is 18.8 Å². The normalized spacial score (nSPS) is 13.6. The van der Waals surface area contributed by atoms with Crippen LogP contribution in [-0.4, -0.2) is 52.9 Å². The minimum absolute atomic E-state index is 0.0836. The van der Waals surface area contributed by atoms with Crippen molar-refractivity contribution in [2.24, 2.45) is 0 Å². The lowest BCUT2D eigenvalue weighted by atomic mass is 10.1. The molecule has 35 heavy (non-hydrogen) atoms. The van der Waals surface area contributed by atoms with Gasteiger partial charge in [0.1, 0.15) is 5.82 Å². The fourth-order valence-electron chi connectivity index (χ4n) is 4.17. The van der Waals surface area contributed by atoms with Crippen molar-refractivity contribution in [2.75, 3.05) is 36.0 Å². The third-order valence-electron chi connectivity index (χ3n) is 6.03. The Hall–Kier alpha value is -3.98. The Kier molecular flexibility index (Phi) is 6.58. The van der Waals surface area contributed by atoms with Crippen molar-refractivity contribution in [1.82, 2.24) is 14.9 Å². The first-order valence-corrected chi connectivity index (χ1v) is 12.2. The van der Waals surface area contributed by atoms with Crippen LogP contribution in [0.4, 0.5) is 15.8 Å². The van der Waals surface area contributed by atoms with Gasteiger partial charge in [-0.25, -0.2) is 9.37 Å². The van der Waals surface area contributed by atoms with Crippen LogP contribution in [0.2, 0.25) is 0 Å². The number of benzene rings is 2. The van der Waals surface area contributed by atoms with Crippen LogP contribution in [0.1, 0.15) is 25.7 Å². The maximum absolute atomic E-state index is 13.8. The quantitative estimate of drug-likeness (QED) is 0.435. The summed E-state index contributed by atoms with van der Waals surface area (Å²) in [6.45, 7) is 3.05. The Morgan fingerprint density at radius 2 is 1.83 bits per heavy atom. The third-order valence-corrected chi connectivity index (χ3v) is 6.88. The first-order chi connectivity index (χ1) is 17.1. The summed E-state index contributed by atoms with van der Waals surface area (Å²) in [4.78, 5) is 39.4. The highest BCUT2D eigenvalue weighted by atomic mass is 32.1. The highest BCUT2D eigenvalue weighted by Gasteiger charge is 2.24. The van der Waals surface area contributed by atoms with Crippen molar-refractivity contribution in [3.63, 3.8) is 0 Å². The van der Waals surface area contributed by atoms with E-state index in [4.69, 9.17) is 0 Å². The van der Waals surface area contributed by atoms with Gasteiger partial charge < -0.3 is 19.7 Å². The molecule has 1 saturated heterocycles. The number of nitrogens with one attached hydrogen (secondary N) is 1. The van der Waals surface area contributed by atoms with Crippen molar-refractivity contribution in [1.29, 1.82) is 0 Å². The summed E-state index contributed by atoms with van der Waals surface area (Å²) in [6, 6.07) is 17.2. The van der Waals surface area contributed by atoms with Crippen molar-refractivity contribution < 1.29 is 14.0 Å². The summed E-state index contributed by atoms with van der Waals surface area (Å²) < 4.78 is 13.8. The number of hydrogen-bond donors (Lipinski definition) is 1. The van der Waals surface area contributed by atoms with Gasteiger partial charge in [0.25, 0.3) is 11.8 Å². The number of nitrogens with zero attached hydrogens (tertiary/aromatic N) is 4. The van der Waals surface area contributed by atoms with Gasteiger partial charge in [-0.1, -0.05) is 12.1 Å². The number of carbonyl (C=O) groups excluding carboxylic acids is 2. The van der Waals surface area contributed by atoms with Gasteiger partial charge in [-0.2, -0.15) is 0 Å². The van der Waals surface area contributed by atoms with E-state index in [0.717, 1.165) is 29.3 Å². The number of imidazole rings is 1. The molecule has 0 spiro atoms. The maximum Gasteiger partial charge on any atom is 0.264 e. The molecule has 2 aromatic carbocycles. The van der Waals surface area contributed by atoms with Crippen molar-refractivity contribution >= 4 is 34.5 Å². The zero-order chi connectivity index (χ0) is 24.2. The summed E-state index contributed by atoms with van der Waals surface area (Å²) in [5.74, 6) is -0.669. The number of amides is 2. The van der Waals surface area contributed by atoms with Gasteiger partial charge in [0.05, 0.1) is 23.4 Å². The van der Waals surface area contributed by atoms with Crippen LogP contribution in [0.5, 0.6) is 0 Å². The fourth-order valence-corrected chi connectivity index (χ4v) is 4.86. The van der Waals surface area contributed by atoms with Gasteiger partial charge >= 0.3 is 0 Å². The zero-order valence-electron chi connectivity index (χ0n) is 18.9. The fraction of sp³-hybridized carbons (Fsp3) is 0.192. The summed E-state index contributed by atoms with van der Waals surface area (Å²) in [7, 11) is 0. The molecule has 1 aliphatic rings. The first kappa shape index (κ1) is 22.8. The van der Waals surface area contributed by atoms with Gasteiger partial charge in [-0.05, 0) is 53.9 Å². The number of rotatable bonds is 6. The van der Waals surface area contributed by atoms with Crippen molar-refractivity contribution in [3.05, 3.63) is 101 Å². The predicted octanol–water partition coefficient (Wildman–Crippen LogP) is 4.42. The molecule has 0 atom stereocenters. The molecular formula is C26H24FN5O2S. The molecule has 1 aliphatic heterocycles. The van der Waals surface area contributed by atoms with Gasteiger partial charge in [0, 0.05) is 49.3 Å². The first-order valence-electron chi connectivity index (χ1n) is 11.3. The van der Waals surface area contributed by atoms with E-state index in [2.05, 4.69) is 14.9 Å². The molecule has 7 nitrogen and oxygen atoms in total. The Morgan fingerprint density at radius 3 is 2.49 bits per heavy atom. The van der Waals surface area contributed by atoms with Gasteiger partial charge in [-0.3, -0.25) is 9.59 Å². The Bertz CT molecular complexity index is 1280. The average molecular weight is 490 g/mol. The molecule has 5 rings (SSSR count). The molecule has 0 unspecified atom stereocenters. The lowest BCUT2D eigenvalue weighted by molar-refractivity contribution is 0.0751. The van der Waals surface area contributed by atoms with Crippen LogP contribution >= 0.6 is 11.3 Å². The van der Waals surface area contributed by atoms with E-state index in [1.54, 1.807) is 23.5 Å². The smallest absolute Gasteiger partial charge is 0.264 e. The number of hydrogen-bond acceptors (Lipinski definition) is 5. The van der Waals surface area contributed by atoms with Crippen molar-refractivity contribution in [3.8, 4) is 0 Å². The maximum atomic E-state index is 13.8. The topological polar surface area (TPSA) is 72.5 Å². The molecule has 2 amide bonds. The van der Waals surface area contributed by atoms with E-state index < -0.39 is 5.82 Å². The third kappa shape index (κ3) is 5.09. The molecule has 4 aromatic rings. The van der Waals surface area contributed by atoms with Crippen LogP contribution in [0, 0.1) is 5.82 Å². The van der Waals surface area contributed by atoms with Gasteiger partial charge in [0.15, 0.2) is 0 Å². The number of aromatic amines is 1. The van der Waals surface area contributed by atoms with E-state index in [-0.39, 0.29) is 23.9 Å². The van der Waals surface area contributed by atoms with Crippen LogP contribution in [0.15, 0.2) is 78.6 Å². The number of anilines is 2. The molecule has 0 aliphatic carbocycles. The molecule has 178 valence electrons. The molecule has 1 fully saturated rings. The highest BCUT2D eigenvalue weighted by molar-refractivity contribution is 7.12. The Balaban J connectivity index is 1.30. The van der Waals surface area contributed by atoms with Crippen LogP contribution in [0.3, 0.4) is 0 Å². The number of H-pyrrole nitrogens is 1. The van der Waals surface area contributed by atoms with E-state index in [1.807, 2.05) is 46.7 Å². The Morgan fingerprint density at radius 1 is 1.03 bits per heavy atom. The van der Waals surface area contributed by atoms with E-state index >= 15 is 0 Å². The Labute approximate surface area is 206 Å². The monoisotopic (exact) mass is 489 g/mol. The number of thiophene rings is 1. The van der Waals surface area contributed by atoms with E-state index in [9.17, 15) is 14.0 Å². The lowest BCUT2D eigenvalue weighted by Gasteiger charge is -2.36. The summed E-state index contributed by atoms with van der Waals surface area (Å²) in [5.41, 5.74) is 2.77. The number of aromatic nitrogens is 2. The summed E-state index contributed by atoms with van der Waals surface area (Å²) >= 11 is 1.46. The zero-order valence-corrected chi connectivity index (χ0v) is 19.7. The second-order valence-electron chi connectivity index (χ2n) is 8.25. The number of halogens is 1. The SMILES string of the molecule is O=C(c1cccs1)N1CCN(c2ccc(N(Cc3cnc[nH]3)C(=O)c3cccc(F)c3)cc2)CC1. The minimum Gasteiger partial charge on any atom is -0.368 e.